The van der Waals surface area contributed by atoms with Gasteiger partial charge in [-0.1, -0.05) is 36.4 Å². The molecule has 3 aromatic carbocycles. The maximum Gasteiger partial charge on any atom is 0.258 e. The molecule has 0 spiro atoms. The molecule has 0 aliphatic carbocycles. The van der Waals surface area contributed by atoms with Crippen molar-refractivity contribution >= 4 is 16.9 Å². The zero-order valence-electron chi connectivity index (χ0n) is 17.6. The Labute approximate surface area is 185 Å². The molecule has 7 nitrogen and oxygen atoms in total. The number of benzene rings is 3. The number of hydrogen-bond donors (Lipinski definition) is 1. The monoisotopic (exact) mass is 426 g/mol. The molecule has 7 heteroatoms. The van der Waals surface area contributed by atoms with E-state index in [9.17, 15) is 4.79 Å². The van der Waals surface area contributed by atoms with Crippen LogP contribution in [0.3, 0.4) is 0 Å². The average Bonchev–Trinajstić information content (AvgIpc) is 3.24. The number of amides is 1. The minimum atomic E-state index is -0.248. The lowest BCUT2D eigenvalue weighted by molar-refractivity contribution is -0.123. The molecule has 160 valence electrons. The number of imidazole rings is 1. The van der Waals surface area contributed by atoms with Gasteiger partial charge in [0, 0.05) is 19.2 Å². The number of para-hydroxylation sites is 2. The van der Waals surface area contributed by atoms with Gasteiger partial charge in [-0.25, -0.2) is 4.98 Å². The minimum absolute atomic E-state index is 0.150. The number of ether oxygens (including phenoxy) is 2. The number of carbonyl (C=O) groups excluding carboxylic acids is 1. The van der Waals surface area contributed by atoms with Crippen LogP contribution in [0.4, 0.5) is 0 Å². The zero-order chi connectivity index (χ0) is 22.3. The van der Waals surface area contributed by atoms with Crippen LogP contribution >= 0.6 is 0 Å². The van der Waals surface area contributed by atoms with Gasteiger partial charge in [0.15, 0.2) is 18.1 Å². The number of methoxy groups -OCH3 is 1. The van der Waals surface area contributed by atoms with Gasteiger partial charge >= 0.3 is 0 Å². The molecule has 1 N–H and O–H groups in total. The molecule has 0 fully saturated rings. The van der Waals surface area contributed by atoms with Gasteiger partial charge in [-0.3, -0.25) is 4.79 Å². The van der Waals surface area contributed by atoms with Crippen LogP contribution in [0.15, 0.2) is 73.1 Å². The third kappa shape index (κ3) is 4.87. The Kier molecular flexibility index (Phi) is 6.33. The Bertz CT molecular complexity index is 1290. The molecule has 0 saturated heterocycles. The van der Waals surface area contributed by atoms with E-state index >= 15 is 0 Å². The van der Waals surface area contributed by atoms with E-state index in [1.54, 1.807) is 18.2 Å². The summed E-state index contributed by atoms with van der Waals surface area (Å²) in [5.74, 6) is 0.579. The maximum absolute atomic E-state index is 12.3. The largest absolute Gasteiger partial charge is 0.493 e. The van der Waals surface area contributed by atoms with E-state index in [1.807, 2.05) is 42.7 Å². The molecule has 4 rings (SSSR count). The number of carbonyl (C=O) groups is 1. The number of nitrogens with zero attached hydrogens (tertiary/aromatic N) is 3. The summed E-state index contributed by atoms with van der Waals surface area (Å²) in [5, 5.41) is 11.8. The first-order valence-corrected chi connectivity index (χ1v) is 10.1. The molecule has 32 heavy (non-hydrogen) atoms. The summed E-state index contributed by atoms with van der Waals surface area (Å²) >= 11 is 0. The van der Waals surface area contributed by atoms with Gasteiger partial charge in [0.1, 0.15) is 0 Å². The Morgan fingerprint density at radius 3 is 2.75 bits per heavy atom. The van der Waals surface area contributed by atoms with Crippen LogP contribution in [0, 0.1) is 11.3 Å². The number of hydrogen-bond acceptors (Lipinski definition) is 5. The van der Waals surface area contributed by atoms with Crippen LogP contribution in [0.1, 0.15) is 16.7 Å². The van der Waals surface area contributed by atoms with E-state index in [0.717, 1.165) is 22.2 Å². The fraction of sp³-hybridized carbons (Fsp3) is 0.160. The second-order valence-electron chi connectivity index (χ2n) is 7.22. The molecule has 1 heterocycles. The van der Waals surface area contributed by atoms with E-state index in [2.05, 4.69) is 33.1 Å². The molecule has 1 amide bonds. The summed E-state index contributed by atoms with van der Waals surface area (Å²) in [4.78, 5) is 16.7. The van der Waals surface area contributed by atoms with Gasteiger partial charge in [-0.05, 0) is 35.4 Å². The minimum Gasteiger partial charge on any atom is -0.493 e. The lowest BCUT2D eigenvalue weighted by Crippen LogP contribution is -2.28. The molecule has 0 unspecified atom stereocenters. The first kappa shape index (κ1) is 20.9. The van der Waals surface area contributed by atoms with Crippen LogP contribution in [0.5, 0.6) is 11.5 Å². The molecule has 0 aliphatic rings. The predicted molar refractivity (Wildman–Crippen MR) is 120 cm³/mol. The van der Waals surface area contributed by atoms with Crippen molar-refractivity contribution < 1.29 is 14.3 Å². The normalized spacial score (nSPS) is 10.5. The van der Waals surface area contributed by atoms with Crippen LogP contribution in [-0.4, -0.2) is 29.2 Å². The van der Waals surface area contributed by atoms with Gasteiger partial charge < -0.3 is 19.4 Å². The highest BCUT2D eigenvalue weighted by Gasteiger charge is 2.09. The first-order chi connectivity index (χ1) is 15.7. The van der Waals surface area contributed by atoms with Gasteiger partial charge in [-0.2, -0.15) is 5.26 Å². The second kappa shape index (κ2) is 9.67. The van der Waals surface area contributed by atoms with Gasteiger partial charge in [0.05, 0.1) is 36.1 Å². The van der Waals surface area contributed by atoms with Gasteiger partial charge in [0.2, 0.25) is 0 Å². The van der Waals surface area contributed by atoms with Crippen molar-refractivity contribution in [2.45, 2.75) is 13.1 Å². The summed E-state index contributed by atoms with van der Waals surface area (Å²) in [6, 6.07) is 22.9. The third-order valence-electron chi connectivity index (χ3n) is 5.01. The van der Waals surface area contributed by atoms with Crippen molar-refractivity contribution in [1.82, 2.24) is 14.9 Å². The lowest BCUT2D eigenvalue weighted by Gasteiger charge is -2.11. The van der Waals surface area contributed by atoms with Crippen molar-refractivity contribution in [3.05, 3.63) is 89.7 Å². The van der Waals surface area contributed by atoms with E-state index < -0.39 is 0 Å². The molecular formula is C25H22N4O3. The topological polar surface area (TPSA) is 89.2 Å². The molecule has 0 atom stereocenters. The number of fused-ring (bicyclic) bond motifs is 1. The van der Waals surface area contributed by atoms with E-state index in [4.69, 9.17) is 14.7 Å². The molecule has 1 aromatic heterocycles. The predicted octanol–water partition coefficient (Wildman–Crippen LogP) is 3.66. The van der Waals surface area contributed by atoms with Crippen molar-refractivity contribution in [3.63, 3.8) is 0 Å². The van der Waals surface area contributed by atoms with Crippen molar-refractivity contribution in [2.75, 3.05) is 13.7 Å². The summed E-state index contributed by atoms with van der Waals surface area (Å²) < 4.78 is 12.9. The SMILES string of the molecule is COc1cc(C#N)ccc1OCC(=O)NCc1cccc(Cn2cnc3ccccc32)c1. The van der Waals surface area contributed by atoms with Crippen LogP contribution < -0.4 is 14.8 Å². The highest BCUT2D eigenvalue weighted by Crippen LogP contribution is 2.27. The summed E-state index contributed by atoms with van der Waals surface area (Å²) in [6.07, 6.45) is 1.84. The van der Waals surface area contributed by atoms with E-state index in [0.29, 0.717) is 30.2 Å². The number of nitriles is 1. The van der Waals surface area contributed by atoms with Crippen molar-refractivity contribution in [2.24, 2.45) is 0 Å². The quantitative estimate of drug-likeness (QED) is 0.464. The average molecular weight is 426 g/mol. The zero-order valence-corrected chi connectivity index (χ0v) is 17.6. The van der Waals surface area contributed by atoms with Crippen LogP contribution in [0.25, 0.3) is 11.0 Å². The number of rotatable bonds is 8. The Balaban J connectivity index is 1.33. The molecule has 0 bridgehead atoms. The summed E-state index contributed by atoms with van der Waals surface area (Å²) in [7, 11) is 1.49. The summed E-state index contributed by atoms with van der Waals surface area (Å²) in [6.45, 7) is 0.943. The molecule has 0 aliphatic heterocycles. The number of aromatic nitrogens is 2. The van der Waals surface area contributed by atoms with Crippen LogP contribution in [0.2, 0.25) is 0 Å². The fourth-order valence-corrected chi connectivity index (χ4v) is 3.42. The van der Waals surface area contributed by atoms with E-state index in [1.165, 1.54) is 7.11 Å². The van der Waals surface area contributed by atoms with Crippen molar-refractivity contribution in [1.29, 1.82) is 5.26 Å². The molecular weight excluding hydrogens is 404 g/mol. The van der Waals surface area contributed by atoms with Crippen LogP contribution in [-0.2, 0) is 17.9 Å². The first-order valence-electron chi connectivity index (χ1n) is 10.1. The fourth-order valence-electron chi connectivity index (χ4n) is 3.42. The Morgan fingerprint density at radius 1 is 1.06 bits per heavy atom. The Hall–Kier alpha value is -4.31. The smallest absolute Gasteiger partial charge is 0.258 e. The third-order valence-corrected chi connectivity index (χ3v) is 5.01. The van der Waals surface area contributed by atoms with Crippen molar-refractivity contribution in [3.8, 4) is 17.6 Å². The maximum atomic E-state index is 12.3. The molecule has 4 aromatic rings. The Morgan fingerprint density at radius 2 is 1.91 bits per heavy atom. The highest BCUT2D eigenvalue weighted by atomic mass is 16.5. The highest BCUT2D eigenvalue weighted by molar-refractivity contribution is 5.77. The van der Waals surface area contributed by atoms with E-state index in [-0.39, 0.29) is 12.5 Å². The van der Waals surface area contributed by atoms with Gasteiger partial charge in [-0.15, -0.1) is 0 Å². The second-order valence-corrected chi connectivity index (χ2v) is 7.22. The number of nitrogens with one attached hydrogen (secondary N) is 1. The van der Waals surface area contributed by atoms with Gasteiger partial charge in [0.25, 0.3) is 5.91 Å². The lowest BCUT2D eigenvalue weighted by atomic mass is 10.1. The molecule has 0 radical (unpaired) electrons. The molecule has 0 saturated carbocycles. The summed E-state index contributed by atoms with van der Waals surface area (Å²) in [5.41, 5.74) is 4.63. The standard InChI is InChI=1S/C25H22N4O3/c1-31-24-12-18(13-26)9-10-23(24)32-16-25(30)27-14-19-5-4-6-20(11-19)15-29-17-28-21-7-2-3-8-22(21)29/h2-12,17H,14-16H2,1H3,(H,27,30).